The minimum atomic E-state index is 0.864. The molecular formula is C56H37N3. The van der Waals surface area contributed by atoms with E-state index in [4.69, 9.17) is 9.97 Å². The molecule has 0 unspecified atom stereocenters. The Balaban J connectivity index is 0.935. The van der Waals surface area contributed by atoms with E-state index < -0.39 is 0 Å². The molecule has 276 valence electrons. The summed E-state index contributed by atoms with van der Waals surface area (Å²) in [6.07, 6.45) is 10.8. The largest absolute Gasteiger partial charge is 0.313 e. The van der Waals surface area contributed by atoms with E-state index in [1.165, 1.54) is 76.9 Å². The Morgan fingerprint density at radius 1 is 0.407 bits per heavy atom. The molecule has 0 atom stereocenters. The molecule has 1 aliphatic rings. The Morgan fingerprint density at radius 2 is 0.966 bits per heavy atom. The van der Waals surface area contributed by atoms with Gasteiger partial charge in [-0.25, -0.2) is 4.98 Å². The number of rotatable bonds is 5. The highest BCUT2D eigenvalue weighted by Gasteiger charge is 2.17. The Morgan fingerprint density at radius 3 is 1.68 bits per heavy atom. The third-order valence-electron chi connectivity index (χ3n) is 12.3. The van der Waals surface area contributed by atoms with Crippen molar-refractivity contribution in [3.63, 3.8) is 0 Å². The number of hydrogen-bond acceptors (Lipinski definition) is 2. The first-order valence-electron chi connectivity index (χ1n) is 20.5. The predicted octanol–water partition coefficient (Wildman–Crippen LogP) is 15.1. The summed E-state index contributed by atoms with van der Waals surface area (Å²) in [5.74, 6) is 0. The number of fused-ring (bicyclic) bond motifs is 10. The molecule has 0 amide bonds. The van der Waals surface area contributed by atoms with E-state index in [0.29, 0.717) is 0 Å². The van der Waals surface area contributed by atoms with Crippen molar-refractivity contribution in [3.05, 3.63) is 200 Å². The molecule has 0 aliphatic heterocycles. The van der Waals surface area contributed by atoms with Crippen molar-refractivity contribution in [2.45, 2.75) is 12.8 Å². The number of benzene rings is 9. The fourth-order valence-corrected chi connectivity index (χ4v) is 9.53. The van der Waals surface area contributed by atoms with Crippen molar-refractivity contribution in [3.8, 4) is 44.6 Å². The van der Waals surface area contributed by atoms with Crippen molar-refractivity contribution in [1.82, 2.24) is 14.5 Å². The molecule has 1 aliphatic carbocycles. The number of allylic oxidation sites excluding steroid dienone is 4. The molecule has 2 aromatic heterocycles. The summed E-state index contributed by atoms with van der Waals surface area (Å²) in [7, 11) is 0. The monoisotopic (exact) mass is 751 g/mol. The minimum absolute atomic E-state index is 0.864. The van der Waals surface area contributed by atoms with Gasteiger partial charge >= 0.3 is 0 Å². The van der Waals surface area contributed by atoms with Crippen LogP contribution >= 0.6 is 0 Å². The summed E-state index contributed by atoms with van der Waals surface area (Å²) in [6, 6.07) is 64.0. The highest BCUT2D eigenvalue weighted by Crippen LogP contribution is 2.40. The van der Waals surface area contributed by atoms with Crippen molar-refractivity contribution >= 4 is 70.9 Å². The zero-order valence-corrected chi connectivity index (χ0v) is 32.3. The lowest BCUT2D eigenvalue weighted by molar-refractivity contribution is 0.979. The normalized spacial score (nSPS) is 13.0. The van der Waals surface area contributed by atoms with Crippen LogP contribution in [0.5, 0.6) is 0 Å². The Labute approximate surface area is 341 Å². The summed E-state index contributed by atoms with van der Waals surface area (Å²) < 4.78 is 2.45. The average molecular weight is 752 g/mol. The zero-order valence-electron chi connectivity index (χ0n) is 32.3. The molecule has 0 bridgehead atoms. The van der Waals surface area contributed by atoms with Gasteiger partial charge in [0.25, 0.3) is 0 Å². The van der Waals surface area contributed by atoms with Gasteiger partial charge in [-0.2, -0.15) is 0 Å². The van der Waals surface area contributed by atoms with Crippen LogP contribution in [-0.4, -0.2) is 14.5 Å². The summed E-state index contributed by atoms with van der Waals surface area (Å²) in [6.45, 7) is 0. The molecule has 3 heteroatoms. The molecule has 0 radical (unpaired) electrons. The lowest BCUT2D eigenvalue weighted by Gasteiger charge is -2.14. The molecule has 59 heavy (non-hydrogen) atoms. The van der Waals surface area contributed by atoms with Gasteiger partial charge in [0, 0.05) is 32.8 Å². The van der Waals surface area contributed by atoms with Crippen molar-refractivity contribution in [2.75, 3.05) is 0 Å². The van der Waals surface area contributed by atoms with Crippen LogP contribution in [0.4, 0.5) is 0 Å². The first-order chi connectivity index (χ1) is 29.3. The van der Waals surface area contributed by atoms with Crippen LogP contribution in [0.25, 0.3) is 115 Å². The molecule has 12 rings (SSSR count). The second-order valence-corrected chi connectivity index (χ2v) is 15.6. The average Bonchev–Trinajstić information content (AvgIpc) is 3.65. The highest BCUT2D eigenvalue weighted by molar-refractivity contribution is 6.23. The summed E-state index contributed by atoms with van der Waals surface area (Å²) in [4.78, 5) is 10.3. The lowest BCUT2D eigenvalue weighted by Crippen LogP contribution is -1.98. The van der Waals surface area contributed by atoms with Crippen LogP contribution in [0.1, 0.15) is 12.8 Å². The van der Waals surface area contributed by atoms with Crippen molar-refractivity contribution in [2.24, 2.45) is 0 Å². The van der Waals surface area contributed by atoms with Crippen LogP contribution in [0.3, 0.4) is 0 Å². The summed E-state index contributed by atoms with van der Waals surface area (Å²) in [5.41, 5.74) is 14.8. The standard InChI is InChI=1S/C56H37N3/c1-2-18-41(19-3-1)59-53-29-9-8-22-48(53)51-34-37(30-31-54(51)59)36-14-10-15-38(32-36)42-25-12-28-45-43(26-13-27-44(42)45)39-16-11-17-40(33-39)52-35-57-55-49-23-6-4-20-46(49)47-21-5-7-24-50(47)56(55)58-52/h1-2,4-18,20-35H,3,19H2. The molecule has 0 N–H and O–H groups in total. The van der Waals surface area contributed by atoms with Gasteiger partial charge in [0.05, 0.1) is 34.0 Å². The smallest absolute Gasteiger partial charge is 0.0979 e. The Kier molecular flexibility index (Phi) is 7.67. The topological polar surface area (TPSA) is 30.7 Å². The molecule has 2 heterocycles. The number of para-hydroxylation sites is 1. The maximum absolute atomic E-state index is 5.29. The van der Waals surface area contributed by atoms with Crippen LogP contribution < -0.4 is 0 Å². The van der Waals surface area contributed by atoms with Gasteiger partial charge in [-0.15, -0.1) is 0 Å². The van der Waals surface area contributed by atoms with Gasteiger partial charge in [0.1, 0.15) is 0 Å². The molecule has 0 saturated carbocycles. The minimum Gasteiger partial charge on any atom is -0.313 e. The third-order valence-corrected chi connectivity index (χ3v) is 12.3. The maximum Gasteiger partial charge on any atom is 0.0979 e. The maximum atomic E-state index is 5.29. The summed E-state index contributed by atoms with van der Waals surface area (Å²) >= 11 is 0. The second-order valence-electron chi connectivity index (χ2n) is 15.6. The van der Waals surface area contributed by atoms with E-state index in [2.05, 4.69) is 199 Å². The lowest BCUT2D eigenvalue weighted by atomic mass is 9.91. The second kappa shape index (κ2) is 13.5. The van der Waals surface area contributed by atoms with E-state index in [-0.39, 0.29) is 0 Å². The Bertz CT molecular complexity index is 3530. The number of nitrogens with zero attached hydrogens (tertiary/aromatic N) is 3. The van der Waals surface area contributed by atoms with E-state index in [0.717, 1.165) is 51.5 Å². The molecule has 0 spiro atoms. The first-order valence-corrected chi connectivity index (χ1v) is 20.5. The van der Waals surface area contributed by atoms with Gasteiger partial charge < -0.3 is 4.57 Å². The molecular weight excluding hydrogens is 715 g/mol. The highest BCUT2D eigenvalue weighted by atomic mass is 15.0. The zero-order chi connectivity index (χ0) is 38.9. The Hall–Kier alpha value is -7.62. The van der Waals surface area contributed by atoms with Gasteiger partial charge in [-0.1, -0.05) is 158 Å². The molecule has 11 aromatic rings. The van der Waals surface area contributed by atoms with Gasteiger partial charge in [0.15, 0.2) is 0 Å². The number of aromatic nitrogens is 3. The molecule has 0 saturated heterocycles. The van der Waals surface area contributed by atoms with Gasteiger partial charge in [-0.05, 0) is 104 Å². The molecule has 3 nitrogen and oxygen atoms in total. The van der Waals surface area contributed by atoms with E-state index in [9.17, 15) is 0 Å². The van der Waals surface area contributed by atoms with E-state index in [1.54, 1.807) is 0 Å². The molecule has 9 aromatic carbocycles. The first kappa shape index (κ1) is 33.5. The van der Waals surface area contributed by atoms with Crippen molar-refractivity contribution in [1.29, 1.82) is 0 Å². The fourth-order valence-electron chi connectivity index (χ4n) is 9.53. The van der Waals surface area contributed by atoms with E-state index >= 15 is 0 Å². The van der Waals surface area contributed by atoms with Crippen LogP contribution in [0.2, 0.25) is 0 Å². The SMILES string of the molecule is C1=CCCC(n2c3ccccc3c3cc(-c4cccc(-c5cccc6c(-c7cccc(-c8cnc9c%10ccccc%10c%10ccccc%10c9n8)c7)cccc56)c4)ccc32)=C1. The van der Waals surface area contributed by atoms with Crippen LogP contribution in [0.15, 0.2) is 200 Å². The van der Waals surface area contributed by atoms with Crippen molar-refractivity contribution < 1.29 is 0 Å². The third kappa shape index (κ3) is 5.43. The quantitative estimate of drug-likeness (QED) is 0.164. The predicted molar refractivity (Wildman–Crippen MR) is 249 cm³/mol. The molecule has 0 fully saturated rings. The fraction of sp³-hybridized carbons (Fsp3) is 0.0357. The number of hydrogen-bond donors (Lipinski definition) is 0. The van der Waals surface area contributed by atoms with Gasteiger partial charge in [-0.3, -0.25) is 4.98 Å². The van der Waals surface area contributed by atoms with Crippen LogP contribution in [-0.2, 0) is 0 Å². The van der Waals surface area contributed by atoms with Gasteiger partial charge in [0.2, 0.25) is 0 Å². The van der Waals surface area contributed by atoms with Crippen LogP contribution in [0, 0.1) is 0 Å². The summed E-state index contributed by atoms with van der Waals surface area (Å²) in [5, 5.41) is 9.67. The van der Waals surface area contributed by atoms with E-state index in [1.807, 2.05) is 6.20 Å².